The molecule has 0 unspecified atom stereocenters. The fraction of sp³-hybridized carbons (Fsp3) is 0.389. The van der Waals surface area contributed by atoms with Gasteiger partial charge in [0, 0.05) is 0 Å². The van der Waals surface area contributed by atoms with Crippen molar-refractivity contribution >= 4 is 11.0 Å². The van der Waals surface area contributed by atoms with Gasteiger partial charge in [-0.3, -0.25) is 9.36 Å². The molecular weight excluding hydrogens is 368 g/mol. The predicted octanol–water partition coefficient (Wildman–Crippen LogP) is -0.489. The molecule has 3 N–H and O–H groups in total. The third-order valence-electron chi connectivity index (χ3n) is 4.88. The van der Waals surface area contributed by atoms with Crippen LogP contribution in [-0.4, -0.2) is 66.7 Å². The third-order valence-corrected chi connectivity index (χ3v) is 4.88. The van der Waals surface area contributed by atoms with E-state index in [2.05, 4.69) is 10.1 Å². The fourth-order valence-corrected chi connectivity index (χ4v) is 3.39. The van der Waals surface area contributed by atoms with Crippen LogP contribution in [0.5, 0.6) is 5.75 Å². The highest BCUT2D eigenvalue weighted by Gasteiger charge is 2.44. The molecule has 1 aliphatic heterocycles. The van der Waals surface area contributed by atoms with Gasteiger partial charge in [0.1, 0.15) is 35.3 Å². The third kappa shape index (κ3) is 2.78. The molecule has 1 aromatic carbocycles. The van der Waals surface area contributed by atoms with E-state index in [1.807, 2.05) is 0 Å². The largest absolute Gasteiger partial charge is 0.497 e. The second-order valence-corrected chi connectivity index (χ2v) is 6.55. The Hall–Kier alpha value is -2.79. The van der Waals surface area contributed by atoms with E-state index >= 15 is 0 Å². The average molecular weight is 388 g/mol. The van der Waals surface area contributed by atoms with Gasteiger partial charge in [-0.25, -0.2) is 9.67 Å². The summed E-state index contributed by atoms with van der Waals surface area (Å²) in [4.78, 5) is 17.5. The monoisotopic (exact) mass is 388 g/mol. The van der Waals surface area contributed by atoms with Crippen LogP contribution in [0.15, 0.2) is 35.3 Å². The highest BCUT2D eigenvalue weighted by molar-refractivity contribution is 5.74. The van der Waals surface area contributed by atoms with E-state index < -0.39 is 31.1 Å². The number of methoxy groups -OCH3 is 1. The molecule has 28 heavy (non-hydrogen) atoms. The summed E-state index contributed by atoms with van der Waals surface area (Å²) in [5.74, 6) is 1.08. The van der Waals surface area contributed by atoms with E-state index in [1.165, 1.54) is 15.4 Å². The average Bonchev–Trinajstić information content (AvgIpc) is 3.23. The lowest BCUT2D eigenvalue weighted by Crippen LogP contribution is -2.33. The van der Waals surface area contributed by atoms with Gasteiger partial charge in [-0.1, -0.05) is 0 Å². The van der Waals surface area contributed by atoms with E-state index in [0.29, 0.717) is 17.3 Å². The molecule has 3 heterocycles. The second-order valence-electron chi connectivity index (χ2n) is 6.55. The zero-order valence-corrected chi connectivity index (χ0v) is 15.3. The molecule has 0 radical (unpaired) electrons. The molecule has 148 valence electrons. The molecule has 4 rings (SSSR count). The Kier molecular flexibility index (Phi) is 4.63. The van der Waals surface area contributed by atoms with Crippen LogP contribution < -0.4 is 10.3 Å². The Bertz CT molecular complexity index is 1060. The first-order valence-corrected chi connectivity index (χ1v) is 8.70. The Morgan fingerprint density at radius 1 is 1.21 bits per heavy atom. The molecule has 0 saturated carbocycles. The molecule has 10 nitrogen and oxygen atoms in total. The highest BCUT2D eigenvalue weighted by atomic mass is 16.6. The number of hydrogen-bond acceptors (Lipinski definition) is 8. The van der Waals surface area contributed by atoms with E-state index in [9.17, 15) is 20.1 Å². The number of nitrogens with zero attached hydrogens (tertiary/aromatic N) is 4. The van der Waals surface area contributed by atoms with Gasteiger partial charge in [0.2, 0.25) is 0 Å². The molecule has 3 aromatic rings. The van der Waals surface area contributed by atoms with Crippen LogP contribution in [0.3, 0.4) is 0 Å². The zero-order chi connectivity index (χ0) is 20.0. The van der Waals surface area contributed by atoms with Gasteiger partial charge < -0.3 is 24.8 Å². The van der Waals surface area contributed by atoms with Crippen LogP contribution in [0, 0.1) is 6.92 Å². The van der Waals surface area contributed by atoms with Gasteiger partial charge in [0.25, 0.3) is 5.56 Å². The Morgan fingerprint density at radius 2 is 1.93 bits per heavy atom. The van der Waals surface area contributed by atoms with Crippen LogP contribution in [0.4, 0.5) is 0 Å². The minimum Gasteiger partial charge on any atom is -0.497 e. The van der Waals surface area contributed by atoms with E-state index in [4.69, 9.17) is 9.47 Å². The Balaban J connectivity index is 1.81. The quantitative estimate of drug-likeness (QED) is 0.546. The lowest BCUT2D eigenvalue weighted by atomic mass is 10.1. The van der Waals surface area contributed by atoms with E-state index in [1.54, 1.807) is 38.3 Å². The van der Waals surface area contributed by atoms with Crippen LogP contribution in [0.25, 0.3) is 16.7 Å². The SMILES string of the molecule is COc1ccc(-n2c(C)nc3c(cnn3[C@@H]3O[C@@H](CO)[C@@H](O)[C@@H]3O)c2=O)cc1. The number of aromatic nitrogens is 4. The molecule has 2 aromatic heterocycles. The van der Waals surface area contributed by atoms with Gasteiger partial charge in [0.15, 0.2) is 11.9 Å². The predicted molar refractivity (Wildman–Crippen MR) is 97.4 cm³/mol. The van der Waals surface area contributed by atoms with Crippen molar-refractivity contribution < 1.29 is 24.8 Å². The first-order chi connectivity index (χ1) is 13.5. The summed E-state index contributed by atoms with van der Waals surface area (Å²) in [6.45, 7) is 1.23. The Labute approximate surface area is 159 Å². The van der Waals surface area contributed by atoms with E-state index in [0.717, 1.165) is 0 Å². The van der Waals surface area contributed by atoms with Gasteiger partial charge in [-0.2, -0.15) is 5.10 Å². The van der Waals surface area contributed by atoms with Crippen LogP contribution in [0.1, 0.15) is 12.1 Å². The van der Waals surface area contributed by atoms with Crippen LogP contribution >= 0.6 is 0 Å². The molecule has 0 amide bonds. The number of aliphatic hydroxyl groups excluding tert-OH is 3. The van der Waals surface area contributed by atoms with Crippen molar-refractivity contribution in [2.75, 3.05) is 13.7 Å². The normalized spacial score (nSPS) is 24.8. The maximum Gasteiger partial charge on any atom is 0.269 e. The molecular formula is C18H20N4O6. The summed E-state index contributed by atoms with van der Waals surface area (Å²) in [5, 5.41) is 33.9. The molecule has 0 spiro atoms. The van der Waals surface area contributed by atoms with Gasteiger partial charge >= 0.3 is 0 Å². The lowest BCUT2D eigenvalue weighted by Gasteiger charge is -2.16. The number of benzene rings is 1. The van der Waals surface area contributed by atoms with Crippen molar-refractivity contribution in [1.29, 1.82) is 0 Å². The lowest BCUT2D eigenvalue weighted by molar-refractivity contribution is -0.0566. The van der Waals surface area contributed by atoms with E-state index in [-0.39, 0.29) is 16.6 Å². The summed E-state index contributed by atoms with van der Waals surface area (Å²) in [6, 6.07) is 6.98. The van der Waals surface area contributed by atoms with Crippen molar-refractivity contribution in [2.45, 2.75) is 31.5 Å². The standard InChI is InChI=1S/C18H20N4O6/c1-9-20-16-12(17(26)21(9)10-3-5-11(27-2)6-4-10)7-19-22(16)18-15(25)14(24)13(8-23)28-18/h3-7,13-15,18,23-25H,8H2,1-2H3/t13-,14+,15-,18+/m0/s1. The minimum absolute atomic E-state index is 0.224. The van der Waals surface area contributed by atoms with Gasteiger partial charge in [0.05, 0.1) is 25.6 Å². The van der Waals surface area contributed by atoms with Crippen molar-refractivity contribution in [3.63, 3.8) is 0 Å². The number of ether oxygens (including phenoxy) is 2. The van der Waals surface area contributed by atoms with Crippen molar-refractivity contribution in [3.05, 3.63) is 46.6 Å². The van der Waals surface area contributed by atoms with Crippen molar-refractivity contribution in [1.82, 2.24) is 19.3 Å². The number of aliphatic hydroxyl groups is 3. The molecule has 0 bridgehead atoms. The molecule has 1 aliphatic rings. The van der Waals surface area contributed by atoms with Gasteiger partial charge in [-0.15, -0.1) is 0 Å². The summed E-state index contributed by atoms with van der Waals surface area (Å²) >= 11 is 0. The maximum atomic E-state index is 13.0. The number of fused-ring (bicyclic) bond motifs is 1. The molecule has 4 atom stereocenters. The first kappa shape index (κ1) is 18.6. The summed E-state index contributed by atoms with van der Waals surface area (Å²) in [7, 11) is 1.56. The number of aryl methyl sites for hydroxylation is 1. The number of rotatable bonds is 4. The van der Waals surface area contributed by atoms with Crippen molar-refractivity contribution in [2.24, 2.45) is 0 Å². The Morgan fingerprint density at radius 3 is 2.54 bits per heavy atom. The first-order valence-electron chi connectivity index (χ1n) is 8.70. The molecule has 1 fully saturated rings. The fourth-order valence-electron chi connectivity index (χ4n) is 3.39. The minimum atomic E-state index is -1.31. The summed E-state index contributed by atoms with van der Waals surface area (Å²) in [6.07, 6.45) is -3.24. The smallest absolute Gasteiger partial charge is 0.269 e. The van der Waals surface area contributed by atoms with Crippen LogP contribution in [0.2, 0.25) is 0 Å². The highest BCUT2D eigenvalue weighted by Crippen LogP contribution is 2.30. The van der Waals surface area contributed by atoms with Crippen LogP contribution in [-0.2, 0) is 4.74 Å². The summed E-state index contributed by atoms with van der Waals surface area (Å²) < 4.78 is 13.3. The topological polar surface area (TPSA) is 132 Å². The molecule has 0 aliphatic carbocycles. The van der Waals surface area contributed by atoms with Gasteiger partial charge in [-0.05, 0) is 31.2 Å². The zero-order valence-electron chi connectivity index (χ0n) is 15.3. The summed E-state index contributed by atoms with van der Waals surface area (Å²) in [5.41, 5.74) is 0.520. The molecule has 1 saturated heterocycles. The number of hydrogen-bond donors (Lipinski definition) is 3. The maximum absolute atomic E-state index is 13.0. The second kappa shape index (κ2) is 6.99. The molecule has 10 heteroatoms. The van der Waals surface area contributed by atoms with Crippen molar-refractivity contribution in [3.8, 4) is 11.4 Å².